The molecule has 0 spiro atoms. The Morgan fingerprint density at radius 3 is 2.68 bits per heavy atom. The van der Waals surface area contributed by atoms with E-state index in [2.05, 4.69) is 62.1 Å². The molecule has 0 fully saturated rings. The first kappa shape index (κ1) is 14.6. The highest BCUT2D eigenvalue weighted by Crippen LogP contribution is 2.27. The molecule has 5 heteroatoms. The summed E-state index contributed by atoms with van der Waals surface area (Å²) in [4.78, 5) is 0. The Kier molecular flexibility index (Phi) is 5.05. The Bertz CT molecular complexity index is 567. The molecular weight excluding hydrogens is 372 g/mol. The number of benzene rings is 1. The van der Waals surface area contributed by atoms with Gasteiger partial charge in [0.25, 0.3) is 0 Å². The van der Waals surface area contributed by atoms with Gasteiger partial charge >= 0.3 is 0 Å². The second kappa shape index (κ2) is 6.57. The zero-order valence-corrected chi connectivity index (χ0v) is 14.2. The summed E-state index contributed by atoms with van der Waals surface area (Å²) in [7, 11) is 1.95. The standard InChI is InChI=1S/C14H16Br2N2O/c1-3-11-7-12(18(2)17-11)9-19-14-5-4-10(8-15)6-13(14)16/h4-7H,3,8-9H2,1-2H3. The zero-order valence-electron chi connectivity index (χ0n) is 11.0. The lowest BCUT2D eigenvalue weighted by Crippen LogP contribution is -2.03. The van der Waals surface area contributed by atoms with E-state index in [-0.39, 0.29) is 0 Å². The second-order valence-electron chi connectivity index (χ2n) is 4.29. The number of aryl methyl sites for hydroxylation is 2. The molecule has 0 radical (unpaired) electrons. The Morgan fingerprint density at radius 1 is 1.32 bits per heavy atom. The van der Waals surface area contributed by atoms with Crippen LogP contribution in [-0.2, 0) is 25.4 Å². The van der Waals surface area contributed by atoms with Crippen LogP contribution in [0.4, 0.5) is 0 Å². The average Bonchev–Trinajstić information content (AvgIpc) is 2.78. The fourth-order valence-electron chi connectivity index (χ4n) is 1.78. The maximum absolute atomic E-state index is 5.84. The van der Waals surface area contributed by atoms with E-state index in [4.69, 9.17) is 4.74 Å². The monoisotopic (exact) mass is 386 g/mol. The van der Waals surface area contributed by atoms with Gasteiger partial charge in [-0.2, -0.15) is 5.10 Å². The van der Waals surface area contributed by atoms with Gasteiger partial charge in [-0.3, -0.25) is 4.68 Å². The van der Waals surface area contributed by atoms with Gasteiger partial charge in [-0.25, -0.2) is 0 Å². The third kappa shape index (κ3) is 3.60. The van der Waals surface area contributed by atoms with Crippen LogP contribution >= 0.6 is 31.9 Å². The minimum absolute atomic E-state index is 0.524. The van der Waals surface area contributed by atoms with Gasteiger partial charge in [-0.1, -0.05) is 28.9 Å². The van der Waals surface area contributed by atoms with E-state index in [9.17, 15) is 0 Å². The van der Waals surface area contributed by atoms with Crippen molar-refractivity contribution in [3.8, 4) is 5.75 Å². The molecule has 19 heavy (non-hydrogen) atoms. The molecule has 0 amide bonds. The minimum Gasteiger partial charge on any atom is -0.486 e. The van der Waals surface area contributed by atoms with Gasteiger partial charge in [0.15, 0.2) is 0 Å². The lowest BCUT2D eigenvalue weighted by molar-refractivity contribution is 0.293. The fourth-order valence-corrected chi connectivity index (χ4v) is 2.67. The van der Waals surface area contributed by atoms with Crippen LogP contribution in [0.1, 0.15) is 23.9 Å². The normalized spacial score (nSPS) is 10.7. The number of nitrogens with zero attached hydrogens (tertiary/aromatic N) is 2. The lowest BCUT2D eigenvalue weighted by Gasteiger charge is -2.09. The molecule has 1 aromatic heterocycles. The number of alkyl halides is 1. The van der Waals surface area contributed by atoms with Crippen molar-refractivity contribution >= 4 is 31.9 Å². The molecule has 3 nitrogen and oxygen atoms in total. The van der Waals surface area contributed by atoms with E-state index in [1.54, 1.807) is 0 Å². The SMILES string of the molecule is CCc1cc(COc2ccc(CBr)cc2Br)n(C)n1. The van der Waals surface area contributed by atoms with Crippen LogP contribution in [-0.4, -0.2) is 9.78 Å². The molecule has 1 heterocycles. The van der Waals surface area contributed by atoms with Gasteiger partial charge in [0.05, 0.1) is 15.9 Å². The van der Waals surface area contributed by atoms with E-state index < -0.39 is 0 Å². The Hall–Kier alpha value is -0.810. The van der Waals surface area contributed by atoms with Gasteiger partial charge < -0.3 is 4.74 Å². The Balaban J connectivity index is 2.07. The van der Waals surface area contributed by atoms with Crippen LogP contribution in [0.25, 0.3) is 0 Å². The predicted molar refractivity (Wildman–Crippen MR) is 83.7 cm³/mol. The first-order valence-corrected chi connectivity index (χ1v) is 8.04. The van der Waals surface area contributed by atoms with Crippen molar-refractivity contribution in [2.75, 3.05) is 0 Å². The van der Waals surface area contributed by atoms with E-state index in [0.717, 1.165) is 33.4 Å². The summed E-state index contributed by atoms with van der Waals surface area (Å²) in [5.41, 5.74) is 3.39. The second-order valence-corrected chi connectivity index (χ2v) is 5.71. The summed E-state index contributed by atoms with van der Waals surface area (Å²) in [6, 6.07) is 8.18. The topological polar surface area (TPSA) is 27.1 Å². The number of rotatable bonds is 5. The van der Waals surface area contributed by atoms with Crippen LogP contribution in [0, 0.1) is 0 Å². The summed E-state index contributed by atoms with van der Waals surface area (Å²) in [5.74, 6) is 0.851. The Labute approximate surface area is 130 Å². The van der Waals surface area contributed by atoms with Crippen LogP contribution in [0.5, 0.6) is 5.75 Å². The van der Waals surface area contributed by atoms with Gasteiger partial charge in [-0.05, 0) is 46.1 Å². The molecule has 102 valence electrons. The summed E-state index contributed by atoms with van der Waals surface area (Å²) < 4.78 is 8.69. The lowest BCUT2D eigenvalue weighted by atomic mass is 10.2. The van der Waals surface area contributed by atoms with Crippen LogP contribution < -0.4 is 4.74 Å². The summed E-state index contributed by atoms with van der Waals surface area (Å²) in [6.45, 7) is 2.62. The first-order valence-electron chi connectivity index (χ1n) is 6.13. The molecular formula is C14H16Br2N2O. The minimum atomic E-state index is 0.524. The van der Waals surface area contributed by atoms with Crippen molar-refractivity contribution in [1.82, 2.24) is 9.78 Å². The van der Waals surface area contributed by atoms with Crippen molar-refractivity contribution in [2.45, 2.75) is 25.3 Å². The molecule has 1 aromatic carbocycles. The molecule has 0 bridgehead atoms. The van der Waals surface area contributed by atoms with Gasteiger partial charge in [-0.15, -0.1) is 0 Å². The van der Waals surface area contributed by atoms with E-state index in [1.807, 2.05) is 17.8 Å². The molecule has 0 aliphatic carbocycles. The molecule has 0 N–H and O–H groups in total. The van der Waals surface area contributed by atoms with Crippen LogP contribution in [0.2, 0.25) is 0 Å². The summed E-state index contributed by atoms with van der Waals surface area (Å²) in [5, 5.41) is 5.25. The molecule has 2 aromatic rings. The fraction of sp³-hybridized carbons (Fsp3) is 0.357. The maximum atomic E-state index is 5.84. The van der Waals surface area contributed by atoms with Crippen molar-refractivity contribution in [2.24, 2.45) is 7.05 Å². The molecule has 0 unspecified atom stereocenters. The highest BCUT2D eigenvalue weighted by Gasteiger charge is 2.07. The molecule has 2 rings (SSSR count). The Morgan fingerprint density at radius 2 is 2.11 bits per heavy atom. The van der Waals surface area contributed by atoms with Crippen LogP contribution in [0.3, 0.4) is 0 Å². The molecule has 0 aliphatic rings. The molecule has 0 aliphatic heterocycles. The van der Waals surface area contributed by atoms with Gasteiger partial charge in [0.2, 0.25) is 0 Å². The highest BCUT2D eigenvalue weighted by atomic mass is 79.9. The zero-order chi connectivity index (χ0) is 13.8. The van der Waals surface area contributed by atoms with Gasteiger partial charge in [0, 0.05) is 12.4 Å². The third-order valence-corrected chi connectivity index (χ3v) is 4.18. The number of ether oxygens (including phenoxy) is 1. The smallest absolute Gasteiger partial charge is 0.134 e. The number of halogens is 2. The van der Waals surface area contributed by atoms with Crippen molar-refractivity contribution < 1.29 is 4.74 Å². The van der Waals surface area contributed by atoms with Crippen molar-refractivity contribution in [3.63, 3.8) is 0 Å². The summed E-state index contributed by atoms with van der Waals surface area (Å²) in [6.07, 6.45) is 0.942. The van der Waals surface area contributed by atoms with Crippen molar-refractivity contribution in [3.05, 3.63) is 45.7 Å². The molecule has 0 saturated heterocycles. The average molecular weight is 388 g/mol. The first-order chi connectivity index (χ1) is 9.13. The van der Waals surface area contributed by atoms with E-state index >= 15 is 0 Å². The highest BCUT2D eigenvalue weighted by molar-refractivity contribution is 9.10. The number of hydrogen-bond acceptors (Lipinski definition) is 2. The van der Waals surface area contributed by atoms with E-state index in [0.29, 0.717) is 6.61 Å². The van der Waals surface area contributed by atoms with E-state index in [1.165, 1.54) is 5.56 Å². The number of aromatic nitrogens is 2. The van der Waals surface area contributed by atoms with Crippen LogP contribution in [0.15, 0.2) is 28.7 Å². The third-order valence-electron chi connectivity index (χ3n) is 2.92. The largest absolute Gasteiger partial charge is 0.486 e. The predicted octanol–water partition coefficient (Wildman–Crippen LogP) is 4.22. The van der Waals surface area contributed by atoms with Crippen molar-refractivity contribution in [1.29, 1.82) is 0 Å². The van der Waals surface area contributed by atoms with Gasteiger partial charge in [0.1, 0.15) is 12.4 Å². The summed E-state index contributed by atoms with van der Waals surface area (Å²) >= 11 is 6.97. The maximum Gasteiger partial charge on any atom is 0.134 e. The number of hydrogen-bond donors (Lipinski definition) is 0. The molecule has 0 saturated carbocycles. The quantitative estimate of drug-likeness (QED) is 0.718. The molecule has 0 atom stereocenters.